The molecule has 0 aromatic heterocycles. The van der Waals surface area contributed by atoms with Crippen LogP contribution in [0.2, 0.25) is 10.0 Å². The minimum Gasteiger partial charge on any atom is -0.480 e. The molecule has 0 radical (unpaired) electrons. The maximum Gasteiger partial charge on any atom is 0.327 e. The standard InChI is InChI=1S/C14H15Cl2NO3S/c1-2-3-12-17(11(7-21-12)14(19)20)13(18)9-5-4-8(15)6-10(9)16/h4-6,11-12H,2-3,7H2,1H3,(H,19,20). The van der Waals surface area contributed by atoms with Crippen molar-refractivity contribution >= 4 is 46.8 Å². The van der Waals surface area contributed by atoms with Gasteiger partial charge in [-0.15, -0.1) is 11.8 Å². The summed E-state index contributed by atoms with van der Waals surface area (Å²) < 4.78 is 0. The summed E-state index contributed by atoms with van der Waals surface area (Å²) in [5.41, 5.74) is 0.288. The van der Waals surface area contributed by atoms with Crippen LogP contribution in [0.15, 0.2) is 18.2 Å². The molecule has 21 heavy (non-hydrogen) atoms. The summed E-state index contributed by atoms with van der Waals surface area (Å²) in [5.74, 6) is -0.941. The van der Waals surface area contributed by atoms with Gasteiger partial charge < -0.3 is 10.0 Å². The fourth-order valence-electron chi connectivity index (χ4n) is 2.30. The summed E-state index contributed by atoms with van der Waals surface area (Å²) in [6.07, 6.45) is 1.63. The second-order valence-electron chi connectivity index (χ2n) is 4.77. The van der Waals surface area contributed by atoms with Crippen molar-refractivity contribution in [1.82, 2.24) is 4.90 Å². The third kappa shape index (κ3) is 3.47. The molecule has 1 heterocycles. The average Bonchev–Trinajstić information content (AvgIpc) is 2.82. The Labute approximate surface area is 137 Å². The Balaban J connectivity index is 2.34. The van der Waals surface area contributed by atoms with Gasteiger partial charge in [-0.2, -0.15) is 0 Å². The highest BCUT2D eigenvalue weighted by atomic mass is 35.5. The lowest BCUT2D eigenvalue weighted by atomic mass is 10.1. The summed E-state index contributed by atoms with van der Waals surface area (Å²) in [6, 6.07) is 3.79. The second-order valence-corrected chi connectivity index (χ2v) is 6.82. The minimum absolute atomic E-state index is 0.129. The average molecular weight is 348 g/mol. The molecule has 2 unspecified atom stereocenters. The zero-order valence-corrected chi connectivity index (χ0v) is 13.7. The highest BCUT2D eigenvalue weighted by molar-refractivity contribution is 8.00. The Morgan fingerprint density at radius 2 is 2.14 bits per heavy atom. The molecule has 0 spiro atoms. The zero-order chi connectivity index (χ0) is 15.6. The van der Waals surface area contributed by atoms with Gasteiger partial charge in [0.15, 0.2) is 0 Å². The first-order valence-electron chi connectivity index (χ1n) is 6.57. The number of carbonyl (C=O) groups is 2. The Morgan fingerprint density at radius 3 is 2.71 bits per heavy atom. The number of thioether (sulfide) groups is 1. The van der Waals surface area contributed by atoms with Gasteiger partial charge in [0.25, 0.3) is 5.91 Å². The maximum atomic E-state index is 12.7. The van der Waals surface area contributed by atoms with E-state index in [0.717, 1.165) is 12.8 Å². The summed E-state index contributed by atoms with van der Waals surface area (Å²) in [5, 5.41) is 9.87. The molecule has 2 rings (SSSR count). The van der Waals surface area contributed by atoms with E-state index in [4.69, 9.17) is 23.2 Å². The minimum atomic E-state index is -0.987. The number of benzene rings is 1. The lowest BCUT2D eigenvalue weighted by Gasteiger charge is -2.27. The van der Waals surface area contributed by atoms with Gasteiger partial charge in [0.05, 0.1) is 16.0 Å². The molecule has 1 amide bonds. The number of carboxylic acid groups (broad SMARTS) is 1. The van der Waals surface area contributed by atoms with Gasteiger partial charge in [-0.3, -0.25) is 4.79 Å². The predicted octanol–water partition coefficient (Wildman–Crippen LogP) is 3.76. The number of hydrogen-bond acceptors (Lipinski definition) is 3. The number of carboxylic acids is 1. The summed E-state index contributed by atoms with van der Waals surface area (Å²) in [7, 11) is 0. The number of carbonyl (C=O) groups excluding carboxylic acids is 1. The van der Waals surface area contributed by atoms with Crippen LogP contribution in [0.3, 0.4) is 0 Å². The SMILES string of the molecule is CCCC1SCC(C(=O)O)N1C(=O)c1ccc(Cl)cc1Cl. The smallest absolute Gasteiger partial charge is 0.327 e. The first kappa shape index (κ1) is 16.5. The van der Waals surface area contributed by atoms with Crippen LogP contribution >= 0.6 is 35.0 Å². The Kier molecular flexibility index (Phi) is 5.41. The molecular weight excluding hydrogens is 333 g/mol. The van der Waals surface area contributed by atoms with E-state index in [1.54, 1.807) is 6.07 Å². The van der Waals surface area contributed by atoms with Crippen LogP contribution in [0.1, 0.15) is 30.1 Å². The normalized spacial score (nSPS) is 21.6. The van der Waals surface area contributed by atoms with Gasteiger partial charge in [-0.1, -0.05) is 36.5 Å². The monoisotopic (exact) mass is 347 g/mol. The van der Waals surface area contributed by atoms with E-state index in [9.17, 15) is 14.7 Å². The lowest BCUT2D eigenvalue weighted by molar-refractivity contribution is -0.141. The molecule has 1 saturated heterocycles. The van der Waals surface area contributed by atoms with Crippen molar-refractivity contribution in [2.45, 2.75) is 31.2 Å². The quantitative estimate of drug-likeness (QED) is 0.900. The maximum absolute atomic E-state index is 12.7. The predicted molar refractivity (Wildman–Crippen MR) is 85.2 cm³/mol. The molecule has 1 aromatic rings. The van der Waals surface area contributed by atoms with Gasteiger partial charge in [0.1, 0.15) is 6.04 Å². The molecule has 1 aromatic carbocycles. The highest BCUT2D eigenvalue weighted by Crippen LogP contribution is 2.35. The van der Waals surface area contributed by atoms with Crippen molar-refractivity contribution in [3.8, 4) is 0 Å². The van der Waals surface area contributed by atoms with E-state index in [2.05, 4.69) is 0 Å². The van der Waals surface area contributed by atoms with E-state index in [0.29, 0.717) is 10.8 Å². The highest BCUT2D eigenvalue weighted by Gasteiger charge is 2.41. The van der Waals surface area contributed by atoms with Crippen LogP contribution in [-0.4, -0.2) is 39.1 Å². The van der Waals surface area contributed by atoms with Crippen LogP contribution < -0.4 is 0 Å². The van der Waals surface area contributed by atoms with Crippen LogP contribution in [0, 0.1) is 0 Å². The first-order chi connectivity index (χ1) is 9.95. The van der Waals surface area contributed by atoms with Crippen LogP contribution in [0.25, 0.3) is 0 Å². The second kappa shape index (κ2) is 6.90. The molecule has 1 N–H and O–H groups in total. The topological polar surface area (TPSA) is 57.6 Å². The lowest BCUT2D eigenvalue weighted by Crippen LogP contribution is -2.45. The number of nitrogens with zero attached hydrogens (tertiary/aromatic N) is 1. The Morgan fingerprint density at radius 1 is 1.43 bits per heavy atom. The van der Waals surface area contributed by atoms with Crippen molar-refractivity contribution in [3.05, 3.63) is 33.8 Å². The van der Waals surface area contributed by atoms with Gasteiger partial charge >= 0.3 is 5.97 Å². The molecule has 0 aliphatic carbocycles. The number of aliphatic carboxylic acids is 1. The van der Waals surface area contributed by atoms with Crippen LogP contribution in [0.5, 0.6) is 0 Å². The molecule has 0 saturated carbocycles. The summed E-state index contributed by atoms with van der Waals surface area (Å²) in [4.78, 5) is 25.5. The molecule has 1 aliphatic rings. The fraction of sp³-hybridized carbons (Fsp3) is 0.429. The van der Waals surface area contributed by atoms with Crippen LogP contribution in [-0.2, 0) is 4.79 Å². The number of amides is 1. The number of halogens is 2. The van der Waals surface area contributed by atoms with Crippen molar-refractivity contribution in [2.24, 2.45) is 0 Å². The third-order valence-electron chi connectivity index (χ3n) is 3.31. The number of rotatable bonds is 4. The molecule has 1 fully saturated rings. The largest absolute Gasteiger partial charge is 0.480 e. The zero-order valence-electron chi connectivity index (χ0n) is 11.4. The third-order valence-corrected chi connectivity index (χ3v) is 5.21. The fourth-order valence-corrected chi connectivity index (χ4v) is 4.30. The van der Waals surface area contributed by atoms with Crippen molar-refractivity contribution in [1.29, 1.82) is 0 Å². The molecule has 4 nitrogen and oxygen atoms in total. The van der Waals surface area contributed by atoms with E-state index in [1.165, 1.54) is 28.8 Å². The molecular formula is C14H15Cl2NO3S. The molecule has 7 heteroatoms. The van der Waals surface area contributed by atoms with E-state index >= 15 is 0 Å². The molecule has 0 bridgehead atoms. The Hall–Kier alpha value is -0.910. The molecule has 114 valence electrons. The Bertz CT molecular complexity index is 567. The van der Waals surface area contributed by atoms with E-state index in [-0.39, 0.29) is 21.9 Å². The van der Waals surface area contributed by atoms with Crippen molar-refractivity contribution < 1.29 is 14.7 Å². The molecule has 2 atom stereocenters. The summed E-state index contributed by atoms with van der Waals surface area (Å²) >= 11 is 13.4. The first-order valence-corrected chi connectivity index (χ1v) is 8.38. The van der Waals surface area contributed by atoms with Crippen LogP contribution in [0.4, 0.5) is 0 Å². The van der Waals surface area contributed by atoms with Gasteiger partial charge in [0.2, 0.25) is 0 Å². The number of hydrogen-bond donors (Lipinski definition) is 1. The van der Waals surface area contributed by atoms with E-state index < -0.39 is 12.0 Å². The molecule has 1 aliphatic heterocycles. The van der Waals surface area contributed by atoms with Crippen molar-refractivity contribution in [2.75, 3.05) is 5.75 Å². The van der Waals surface area contributed by atoms with Crippen molar-refractivity contribution in [3.63, 3.8) is 0 Å². The van der Waals surface area contributed by atoms with E-state index in [1.807, 2.05) is 6.92 Å². The van der Waals surface area contributed by atoms with Gasteiger partial charge in [-0.05, 0) is 24.6 Å². The van der Waals surface area contributed by atoms with Gasteiger partial charge in [-0.25, -0.2) is 4.79 Å². The van der Waals surface area contributed by atoms with Gasteiger partial charge in [0, 0.05) is 10.8 Å². The summed E-state index contributed by atoms with van der Waals surface area (Å²) in [6.45, 7) is 2.01.